The predicted octanol–water partition coefficient (Wildman–Crippen LogP) is 5.21. The van der Waals surface area contributed by atoms with Crippen LogP contribution in [0.15, 0.2) is 24.3 Å². The Labute approximate surface area is 193 Å². The second-order valence-electron chi connectivity index (χ2n) is 9.17. The van der Waals surface area contributed by atoms with Crippen molar-refractivity contribution in [2.75, 3.05) is 20.8 Å². The smallest absolute Gasteiger partial charge is 0.410 e. The number of ether oxygens (including phenoxy) is 3. The number of benzene rings is 1. The summed E-state index contributed by atoms with van der Waals surface area (Å²) in [5, 5.41) is 0. The molecule has 0 saturated heterocycles. The second kappa shape index (κ2) is 10.9. The van der Waals surface area contributed by atoms with Gasteiger partial charge in [-0.1, -0.05) is 20.4 Å². The molecule has 6 nitrogen and oxygen atoms in total. The van der Waals surface area contributed by atoms with Gasteiger partial charge in [0.2, 0.25) is 0 Å². The maximum Gasteiger partial charge on any atom is 0.410 e. The monoisotopic (exact) mass is 451 g/mol. The Bertz CT molecular complexity index is 813. The molecule has 1 atom stereocenters. The molecule has 0 spiro atoms. The number of allylic oxidation sites excluding steroid dienone is 1. The van der Waals surface area contributed by atoms with Gasteiger partial charge in [0, 0.05) is 13.0 Å². The van der Waals surface area contributed by atoms with Gasteiger partial charge in [0.05, 0.1) is 20.3 Å². The summed E-state index contributed by atoms with van der Waals surface area (Å²) in [7, 11) is 3.17. The first-order valence-corrected chi connectivity index (χ1v) is 10.4. The molecule has 0 unspecified atom stereocenters. The number of carbonyl (C=O) groups is 2. The van der Waals surface area contributed by atoms with Crippen LogP contribution < -0.4 is 9.47 Å². The number of nitrogens with zero attached hydrogens (tertiary/aromatic N) is 1. The Morgan fingerprint density at radius 2 is 1.74 bits per heavy atom. The van der Waals surface area contributed by atoms with Gasteiger partial charge in [-0.3, -0.25) is 4.79 Å². The molecular weight excluding hydrogens is 414 g/mol. The highest BCUT2D eigenvalue weighted by atomic mass is 32.1. The normalized spacial score (nSPS) is 15.6. The van der Waals surface area contributed by atoms with Crippen molar-refractivity contribution < 1.29 is 23.8 Å². The third kappa shape index (κ3) is 6.92. The van der Waals surface area contributed by atoms with Crippen LogP contribution in [0.2, 0.25) is 0 Å². The quantitative estimate of drug-likeness (QED) is 0.532. The lowest BCUT2D eigenvalue weighted by Crippen LogP contribution is -2.43. The van der Waals surface area contributed by atoms with Crippen molar-refractivity contribution in [3.8, 4) is 11.5 Å². The minimum atomic E-state index is -0.620. The van der Waals surface area contributed by atoms with Crippen LogP contribution in [-0.4, -0.2) is 43.1 Å². The molecule has 7 heteroatoms. The Balaban J connectivity index is 0.00000480. The van der Waals surface area contributed by atoms with E-state index in [-0.39, 0.29) is 25.7 Å². The van der Waals surface area contributed by atoms with Crippen molar-refractivity contribution in [1.29, 1.82) is 0 Å². The van der Waals surface area contributed by atoms with Crippen LogP contribution in [0.5, 0.6) is 11.5 Å². The minimum Gasteiger partial charge on any atom is -0.493 e. The maximum atomic E-state index is 13.0. The van der Waals surface area contributed by atoms with Gasteiger partial charge in [0.1, 0.15) is 5.60 Å². The molecule has 0 bridgehead atoms. The molecule has 174 valence electrons. The lowest BCUT2D eigenvalue weighted by atomic mass is 9.87. The number of amides is 1. The SMILES string of the molecule is C=C(CC(C)C)C(=O)C[C@H]1c2cc(OC)c(OC)cc2CCN1C(=O)OC(C)(C)C.S. The fourth-order valence-corrected chi connectivity index (χ4v) is 3.71. The number of hydrogen-bond donors (Lipinski definition) is 0. The van der Waals surface area contributed by atoms with Gasteiger partial charge in [0.15, 0.2) is 17.3 Å². The highest BCUT2D eigenvalue weighted by molar-refractivity contribution is 7.59. The second-order valence-corrected chi connectivity index (χ2v) is 9.17. The molecule has 0 aliphatic carbocycles. The Morgan fingerprint density at radius 1 is 1.16 bits per heavy atom. The summed E-state index contributed by atoms with van der Waals surface area (Å²) in [5.74, 6) is 1.51. The summed E-state index contributed by atoms with van der Waals surface area (Å²) < 4.78 is 16.5. The average molecular weight is 452 g/mol. The molecule has 0 N–H and O–H groups in total. The first-order valence-electron chi connectivity index (χ1n) is 10.4. The van der Waals surface area contributed by atoms with Crippen molar-refractivity contribution in [3.05, 3.63) is 35.4 Å². The first-order chi connectivity index (χ1) is 14.0. The number of Topliss-reactive ketones (excluding diaryl/α,β-unsaturated/α-hetero) is 1. The first kappa shape index (κ1) is 26.9. The maximum absolute atomic E-state index is 13.0. The van der Waals surface area contributed by atoms with Crippen LogP contribution in [0.25, 0.3) is 0 Å². The van der Waals surface area contributed by atoms with E-state index < -0.39 is 17.7 Å². The zero-order valence-corrected chi connectivity index (χ0v) is 20.8. The van der Waals surface area contributed by atoms with E-state index in [4.69, 9.17) is 14.2 Å². The summed E-state index contributed by atoms with van der Waals surface area (Å²) >= 11 is 0. The van der Waals surface area contributed by atoms with Gasteiger partial charge >= 0.3 is 6.09 Å². The van der Waals surface area contributed by atoms with Crippen molar-refractivity contribution in [2.45, 2.75) is 65.5 Å². The van der Waals surface area contributed by atoms with Gasteiger partial charge in [-0.15, -0.1) is 0 Å². The number of carbonyl (C=O) groups excluding carboxylic acids is 2. The number of methoxy groups -OCH3 is 2. The van der Waals surface area contributed by atoms with E-state index in [1.807, 2.05) is 32.9 Å². The Hall–Kier alpha value is -2.15. The molecule has 1 amide bonds. The highest BCUT2D eigenvalue weighted by Gasteiger charge is 2.36. The molecular formula is C24H37NO5S. The van der Waals surface area contributed by atoms with Crippen LogP contribution in [-0.2, 0) is 16.0 Å². The zero-order valence-electron chi connectivity index (χ0n) is 19.8. The third-order valence-electron chi connectivity index (χ3n) is 5.06. The van der Waals surface area contributed by atoms with E-state index in [0.29, 0.717) is 42.4 Å². The molecule has 2 rings (SSSR count). The van der Waals surface area contributed by atoms with Crippen molar-refractivity contribution in [3.63, 3.8) is 0 Å². The van der Waals surface area contributed by atoms with E-state index in [9.17, 15) is 9.59 Å². The van der Waals surface area contributed by atoms with Gasteiger partial charge in [0.25, 0.3) is 0 Å². The lowest BCUT2D eigenvalue weighted by molar-refractivity contribution is -0.117. The van der Waals surface area contributed by atoms with Crippen LogP contribution >= 0.6 is 13.5 Å². The number of ketones is 1. The summed E-state index contributed by atoms with van der Waals surface area (Å²) in [6, 6.07) is 3.36. The average Bonchev–Trinajstić information content (AvgIpc) is 2.64. The molecule has 1 aliphatic rings. The summed E-state index contributed by atoms with van der Waals surface area (Å²) in [6.45, 7) is 14.1. The molecule has 0 saturated carbocycles. The predicted molar refractivity (Wildman–Crippen MR) is 128 cm³/mol. The molecule has 0 radical (unpaired) electrons. The van der Waals surface area contributed by atoms with Crippen molar-refractivity contribution in [1.82, 2.24) is 4.90 Å². The molecule has 31 heavy (non-hydrogen) atoms. The number of rotatable bonds is 7. The molecule has 0 fully saturated rings. The van der Waals surface area contributed by atoms with Gasteiger partial charge in [-0.2, -0.15) is 13.5 Å². The van der Waals surface area contributed by atoms with Crippen LogP contribution in [0.1, 0.15) is 64.6 Å². The third-order valence-corrected chi connectivity index (χ3v) is 5.06. The van der Waals surface area contributed by atoms with E-state index in [2.05, 4.69) is 20.4 Å². The molecule has 1 aliphatic heterocycles. The highest BCUT2D eigenvalue weighted by Crippen LogP contribution is 2.40. The summed E-state index contributed by atoms with van der Waals surface area (Å²) in [6.07, 6.45) is 1.02. The number of fused-ring (bicyclic) bond motifs is 1. The fourth-order valence-electron chi connectivity index (χ4n) is 3.71. The van der Waals surface area contributed by atoms with Crippen molar-refractivity contribution >= 4 is 25.4 Å². The minimum absolute atomic E-state index is 0. The van der Waals surface area contributed by atoms with Gasteiger partial charge in [-0.25, -0.2) is 4.79 Å². The van der Waals surface area contributed by atoms with Crippen LogP contribution in [0.3, 0.4) is 0 Å². The lowest BCUT2D eigenvalue weighted by Gasteiger charge is -2.38. The molecule has 1 aromatic rings. The largest absolute Gasteiger partial charge is 0.493 e. The number of hydrogen-bond acceptors (Lipinski definition) is 5. The van der Waals surface area contributed by atoms with Gasteiger partial charge in [-0.05, 0) is 68.4 Å². The van der Waals surface area contributed by atoms with Gasteiger partial charge < -0.3 is 19.1 Å². The Kier molecular flexibility index (Phi) is 9.48. The molecule has 1 aromatic carbocycles. The molecule has 1 heterocycles. The topological polar surface area (TPSA) is 65.1 Å². The standard InChI is InChI=1S/C24H35NO5.H2S/c1-15(2)11-16(3)20(26)14-19-18-13-22(29-8)21(28-7)12-17(18)9-10-25(19)23(27)30-24(4,5)6;/h12-13,15,19H,3,9-11,14H2,1-2,4-8H3;1H2/t19-;/m0./s1. The summed E-state index contributed by atoms with van der Waals surface area (Å²) in [4.78, 5) is 27.6. The fraction of sp³-hybridized carbons (Fsp3) is 0.583. The van der Waals surface area contributed by atoms with E-state index >= 15 is 0 Å². The molecule has 0 aromatic heterocycles. The Morgan fingerprint density at radius 3 is 2.26 bits per heavy atom. The van der Waals surface area contributed by atoms with Crippen LogP contribution in [0.4, 0.5) is 4.79 Å². The van der Waals surface area contributed by atoms with E-state index in [0.717, 1.165) is 11.1 Å². The van der Waals surface area contributed by atoms with Crippen LogP contribution in [0, 0.1) is 5.92 Å². The summed E-state index contributed by atoms with van der Waals surface area (Å²) in [5.41, 5.74) is 1.89. The van der Waals surface area contributed by atoms with E-state index in [1.54, 1.807) is 19.1 Å². The van der Waals surface area contributed by atoms with Crippen molar-refractivity contribution in [2.24, 2.45) is 5.92 Å². The van der Waals surface area contributed by atoms with E-state index in [1.165, 1.54) is 0 Å². The zero-order chi connectivity index (χ0) is 22.6.